The number of halogens is 2. The summed E-state index contributed by atoms with van der Waals surface area (Å²) in [6.45, 7) is 3.49. The van der Waals surface area contributed by atoms with E-state index in [2.05, 4.69) is 35.2 Å². The highest BCUT2D eigenvalue weighted by Gasteiger charge is 2.23. The lowest BCUT2D eigenvalue weighted by molar-refractivity contribution is 0.0628. The van der Waals surface area contributed by atoms with Crippen LogP contribution < -0.4 is 0 Å². The summed E-state index contributed by atoms with van der Waals surface area (Å²) in [4.78, 5) is 16.5. The van der Waals surface area contributed by atoms with Gasteiger partial charge in [-0.1, -0.05) is 36.4 Å². The molecule has 0 N–H and O–H groups in total. The van der Waals surface area contributed by atoms with Gasteiger partial charge in [0.25, 0.3) is 5.91 Å². The van der Waals surface area contributed by atoms with Crippen LogP contribution in [0.25, 0.3) is 10.8 Å². The second kappa shape index (κ2) is 7.45. The zero-order valence-electron chi connectivity index (χ0n) is 14.9. The van der Waals surface area contributed by atoms with E-state index in [0.29, 0.717) is 13.1 Å². The van der Waals surface area contributed by atoms with E-state index < -0.39 is 11.6 Å². The third kappa shape index (κ3) is 3.83. The standard InChI is InChI=1S/C22H20F2N2O/c23-20-8-7-19(14-21(20)24)22(27)26-11-9-25(10-12-26)15-16-5-6-17-3-1-2-4-18(17)13-16/h1-8,13-14H,9-12,15H2. The minimum Gasteiger partial charge on any atom is -0.336 e. The molecule has 1 heterocycles. The molecule has 0 saturated carbocycles. The third-order valence-electron chi connectivity index (χ3n) is 5.05. The molecule has 0 bridgehead atoms. The van der Waals surface area contributed by atoms with Crippen LogP contribution in [0, 0.1) is 11.6 Å². The highest BCUT2D eigenvalue weighted by Crippen LogP contribution is 2.18. The number of amides is 1. The number of hydrogen-bond acceptors (Lipinski definition) is 2. The molecule has 138 valence electrons. The van der Waals surface area contributed by atoms with Crippen molar-refractivity contribution in [1.82, 2.24) is 9.80 Å². The summed E-state index contributed by atoms with van der Waals surface area (Å²) in [6.07, 6.45) is 0. The smallest absolute Gasteiger partial charge is 0.254 e. The number of rotatable bonds is 3. The van der Waals surface area contributed by atoms with Gasteiger partial charge >= 0.3 is 0 Å². The molecule has 3 aromatic carbocycles. The third-order valence-corrected chi connectivity index (χ3v) is 5.05. The average molecular weight is 366 g/mol. The van der Waals surface area contributed by atoms with Crippen molar-refractivity contribution in [2.24, 2.45) is 0 Å². The fourth-order valence-electron chi connectivity index (χ4n) is 3.52. The maximum absolute atomic E-state index is 13.4. The molecule has 27 heavy (non-hydrogen) atoms. The van der Waals surface area contributed by atoms with Crippen LogP contribution in [0.5, 0.6) is 0 Å². The first kappa shape index (κ1) is 17.6. The summed E-state index contributed by atoms with van der Waals surface area (Å²) in [5.74, 6) is -2.18. The van der Waals surface area contributed by atoms with Gasteiger partial charge in [0.1, 0.15) is 0 Å². The van der Waals surface area contributed by atoms with Crippen LogP contribution in [0.15, 0.2) is 60.7 Å². The molecule has 5 heteroatoms. The van der Waals surface area contributed by atoms with E-state index in [0.717, 1.165) is 31.8 Å². The predicted molar refractivity (Wildman–Crippen MR) is 101 cm³/mol. The summed E-state index contributed by atoms with van der Waals surface area (Å²) in [5.41, 5.74) is 1.44. The Hall–Kier alpha value is -2.79. The molecule has 0 aromatic heterocycles. The molecule has 1 saturated heterocycles. The van der Waals surface area contributed by atoms with Gasteiger partial charge in [0.2, 0.25) is 0 Å². The molecule has 0 radical (unpaired) electrons. The molecule has 0 atom stereocenters. The second-order valence-corrected chi connectivity index (χ2v) is 6.88. The van der Waals surface area contributed by atoms with E-state index in [1.54, 1.807) is 4.90 Å². The number of hydrogen-bond donors (Lipinski definition) is 0. The lowest BCUT2D eigenvalue weighted by Crippen LogP contribution is -2.48. The number of carbonyl (C=O) groups is 1. The summed E-state index contributed by atoms with van der Waals surface area (Å²) >= 11 is 0. The Morgan fingerprint density at radius 1 is 0.815 bits per heavy atom. The fraction of sp³-hybridized carbons (Fsp3) is 0.227. The van der Waals surface area contributed by atoms with Gasteiger partial charge in [-0.15, -0.1) is 0 Å². The zero-order chi connectivity index (χ0) is 18.8. The molecular weight excluding hydrogens is 346 g/mol. The van der Waals surface area contributed by atoms with E-state index in [9.17, 15) is 13.6 Å². The summed E-state index contributed by atoms with van der Waals surface area (Å²) in [6, 6.07) is 18.1. The Labute approximate surface area is 156 Å². The maximum atomic E-state index is 13.4. The van der Waals surface area contributed by atoms with Crippen molar-refractivity contribution in [1.29, 1.82) is 0 Å². The van der Waals surface area contributed by atoms with E-state index in [-0.39, 0.29) is 11.5 Å². The van der Waals surface area contributed by atoms with Crippen molar-refractivity contribution in [3.63, 3.8) is 0 Å². The lowest BCUT2D eigenvalue weighted by Gasteiger charge is -2.34. The van der Waals surface area contributed by atoms with Gasteiger partial charge in [-0.2, -0.15) is 0 Å². The molecule has 0 spiro atoms. The lowest BCUT2D eigenvalue weighted by atomic mass is 10.1. The van der Waals surface area contributed by atoms with Crippen molar-refractivity contribution in [2.75, 3.05) is 26.2 Å². The molecule has 3 nitrogen and oxygen atoms in total. The molecule has 1 aliphatic heterocycles. The Morgan fingerprint density at radius 3 is 2.30 bits per heavy atom. The Kier molecular flexibility index (Phi) is 4.86. The number of nitrogens with zero attached hydrogens (tertiary/aromatic N) is 2. The molecular formula is C22H20F2N2O. The summed E-state index contributed by atoms with van der Waals surface area (Å²) in [5, 5.41) is 2.45. The number of fused-ring (bicyclic) bond motifs is 1. The second-order valence-electron chi connectivity index (χ2n) is 6.88. The first-order valence-corrected chi connectivity index (χ1v) is 9.04. The number of piperazine rings is 1. The molecule has 0 aliphatic carbocycles. The summed E-state index contributed by atoms with van der Waals surface area (Å²) < 4.78 is 26.4. The Morgan fingerprint density at radius 2 is 1.56 bits per heavy atom. The minimum absolute atomic E-state index is 0.192. The maximum Gasteiger partial charge on any atom is 0.254 e. The largest absolute Gasteiger partial charge is 0.336 e. The van der Waals surface area contributed by atoms with Gasteiger partial charge in [-0.25, -0.2) is 8.78 Å². The highest BCUT2D eigenvalue weighted by atomic mass is 19.2. The van der Waals surface area contributed by atoms with Crippen LogP contribution >= 0.6 is 0 Å². The van der Waals surface area contributed by atoms with Crippen LogP contribution in [-0.4, -0.2) is 41.9 Å². The Bertz CT molecular complexity index is 981. The topological polar surface area (TPSA) is 23.6 Å². The average Bonchev–Trinajstić information content (AvgIpc) is 2.70. The summed E-state index contributed by atoms with van der Waals surface area (Å²) in [7, 11) is 0. The fourth-order valence-corrected chi connectivity index (χ4v) is 3.52. The first-order chi connectivity index (χ1) is 13.1. The van der Waals surface area contributed by atoms with Gasteiger partial charge in [0, 0.05) is 38.3 Å². The van der Waals surface area contributed by atoms with Crippen LogP contribution in [0.1, 0.15) is 15.9 Å². The van der Waals surface area contributed by atoms with E-state index in [1.165, 1.54) is 22.4 Å². The van der Waals surface area contributed by atoms with Crippen molar-refractivity contribution < 1.29 is 13.6 Å². The van der Waals surface area contributed by atoms with Crippen LogP contribution in [0.4, 0.5) is 8.78 Å². The van der Waals surface area contributed by atoms with E-state index in [1.807, 2.05) is 12.1 Å². The normalized spacial score (nSPS) is 15.3. The van der Waals surface area contributed by atoms with Gasteiger partial charge in [0.15, 0.2) is 11.6 Å². The number of carbonyl (C=O) groups excluding carboxylic acids is 1. The molecule has 3 aromatic rings. The Balaban J connectivity index is 1.38. The van der Waals surface area contributed by atoms with Crippen LogP contribution in [-0.2, 0) is 6.54 Å². The van der Waals surface area contributed by atoms with Crippen LogP contribution in [0.2, 0.25) is 0 Å². The van der Waals surface area contributed by atoms with Crippen molar-refractivity contribution in [3.05, 3.63) is 83.4 Å². The monoisotopic (exact) mass is 366 g/mol. The van der Waals surface area contributed by atoms with Crippen molar-refractivity contribution >= 4 is 16.7 Å². The van der Waals surface area contributed by atoms with Gasteiger partial charge < -0.3 is 4.90 Å². The zero-order valence-corrected chi connectivity index (χ0v) is 14.9. The van der Waals surface area contributed by atoms with Gasteiger partial charge in [0.05, 0.1) is 0 Å². The number of benzene rings is 3. The predicted octanol–water partition coefficient (Wildman–Crippen LogP) is 4.08. The van der Waals surface area contributed by atoms with Crippen LogP contribution in [0.3, 0.4) is 0 Å². The van der Waals surface area contributed by atoms with Gasteiger partial charge in [-0.3, -0.25) is 9.69 Å². The molecule has 0 unspecified atom stereocenters. The van der Waals surface area contributed by atoms with E-state index >= 15 is 0 Å². The molecule has 4 rings (SSSR count). The minimum atomic E-state index is -0.990. The van der Waals surface area contributed by atoms with Crippen molar-refractivity contribution in [2.45, 2.75) is 6.54 Å². The van der Waals surface area contributed by atoms with E-state index in [4.69, 9.17) is 0 Å². The highest BCUT2D eigenvalue weighted by molar-refractivity contribution is 5.94. The van der Waals surface area contributed by atoms with Crippen molar-refractivity contribution in [3.8, 4) is 0 Å². The first-order valence-electron chi connectivity index (χ1n) is 9.04. The quantitative estimate of drug-likeness (QED) is 0.697. The van der Waals surface area contributed by atoms with Gasteiger partial charge in [-0.05, 0) is 40.6 Å². The SMILES string of the molecule is O=C(c1ccc(F)c(F)c1)N1CCN(Cc2ccc3ccccc3c2)CC1. The molecule has 1 amide bonds. The molecule has 1 aliphatic rings. The molecule has 1 fully saturated rings.